The molecule has 6 heteroatoms. The van der Waals surface area contributed by atoms with Gasteiger partial charge in [-0.1, -0.05) is 6.07 Å². The van der Waals surface area contributed by atoms with Crippen molar-refractivity contribution in [3.05, 3.63) is 54.1 Å². The molecular weight excluding hydrogens is 309 g/mol. The minimum Gasteiger partial charge on any atom is -0.484 e. The van der Waals surface area contributed by atoms with Crippen molar-refractivity contribution in [2.75, 3.05) is 18.4 Å². The molecule has 0 radical (unpaired) electrons. The fourth-order valence-electron chi connectivity index (χ4n) is 2.66. The Hall–Kier alpha value is -2.47. The first-order valence-corrected chi connectivity index (χ1v) is 8.06. The molecule has 0 aliphatic carbocycles. The van der Waals surface area contributed by atoms with E-state index in [1.165, 1.54) is 12.1 Å². The summed E-state index contributed by atoms with van der Waals surface area (Å²) in [6.07, 6.45) is 3.27. The fourth-order valence-corrected chi connectivity index (χ4v) is 2.66. The van der Waals surface area contributed by atoms with Crippen LogP contribution in [0.3, 0.4) is 0 Å². The summed E-state index contributed by atoms with van der Waals surface area (Å²) in [5, 5.41) is 5.99. The maximum Gasteiger partial charge on any atom is 0.227 e. The molecule has 0 bridgehead atoms. The van der Waals surface area contributed by atoms with E-state index in [1.54, 1.807) is 12.3 Å². The van der Waals surface area contributed by atoms with Gasteiger partial charge in [0.05, 0.1) is 5.69 Å². The Morgan fingerprint density at radius 3 is 2.83 bits per heavy atom. The van der Waals surface area contributed by atoms with Crippen LogP contribution in [0.4, 0.5) is 10.1 Å². The van der Waals surface area contributed by atoms with Crippen molar-refractivity contribution in [1.82, 2.24) is 10.3 Å². The number of piperidine rings is 1. The molecule has 2 heterocycles. The van der Waals surface area contributed by atoms with Crippen molar-refractivity contribution in [2.45, 2.75) is 19.4 Å². The summed E-state index contributed by atoms with van der Waals surface area (Å²) < 4.78 is 19.6. The molecular formula is C18H20FN3O2. The third-order valence-corrected chi connectivity index (χ3v) is 4.01. The Bertz CT molecular complexity index is 688. The monoisotopic (exact) mass is 329 g/mol. The number of hydrogen-bond donors (Lipinski definition) is 2. The van der Waals surface area contributed by atoms with Crippen LogP contribution in [0.25, 0.3) is 0 Å². The lowest BCUT2D eigenvalue weighted by Gasteiger charge is -2.21. The van der Waals surface area contributed by atoms with Gasteiger partial charge in [0.15, 0.2) is 11.6 Å². The number of hydrogen-bond acceptors (Lipinski definition) is 4. The van der Waals surface area contributed by atoms with Crippen LogP contribution >= 0.6 is 0 Å². The molecule has 24 heavy (non-hydrogen) atoms. The average Bonchev–Trinajstić information content (AvgIpc) is 2.62. The number of halogens is 1. The molecule has 0 saturated carbocycles. The van der Waals surface area contributed by atoms with E-state index in [4.69, 9.17) is 4.74 Å². The van der Waals surface area contributed by atoms with Crippen LogP contribution in [0, 0.1) is 11.7 Å². The van der Waals surface area contributed by atoms with Crippen LogP contribution < -0.4 is 15.4 Å². The molecule has 126 valence electrons. The molecule has 1 amide bonds. The second kappa shape index (κ2) is 7.88. The predicted molar refractivity (Wildman–Crippen MR) is 89.2 cm³/mol. The summed E-state index contributed by atoms with van der Waals surface area (Å²) >= 11 is 0. The predicted octanol–water partition coefficient (Wildman–Crippen LogP) is 2.74. The Morgan fingerprint density at radius 2 is 2.12 bits per heavy atom. The number of anilines is 1. The number of carbonyl (C=O) groups is 1. The molecule has 0 atom stereocenters. The lowest BCUT2D eigenvalue weighted by molar-refractivity contribution is -0.120. The fraction of sp³-hybridized carbons (Fsp3) is 0.333. The largest absolute Gasteiger partial charge is 0.484 e. The number of aromatic nitrogens is 1. The van der Waals surface area contributed by atoms with Gasteiger partial charge in [0, 0.05) is 23.9 Å². The average molecular weight is 329 g/mol. The van der Waals surface area contributed by atoms with E-state index >= 15 is 0 Å². The van der Waals surface area contributed by atoms with Gasteiger partial charge in [0.1, 0.15) is 6.61 Å². The summed E-state index contributed by atoms with van der Waals surface area (Å²) in [6.45, 7) is 1.87. The van der Waals surface area contributed by atoms with Crippen molar-refractivity contribution < 1.29 is 13.9 Å². The van der Waals surface area contributed by atoms with Crippen LogP contribution in [0.1, 0.15) is 18.5 Å². The molecule has 0 unspecified atom stereocenters. The number of carbonyl (C=O) groups excluding carboxylic acids is 1. The number of nitrogens with zero attached hydrogens (tertiary/aromatic N) is 1. The third kappa shape index (κ3) is 4.29. The van der Waals surface area contributed by atoms with E-state index < -0.39 is 5.82 Å². The second-order valence-electron chi connectivity index (χ2n) is 5.77. The molecule has 2 N–H and O–H groups in total. The number of nitrogens with one attached hydrogen (secondary N) is 2. The standard InChI is InChI=1S/C18H20FN3O2/c19-16-11-14(22-18(23)13-6-9-20-10-7-13)4-5-17(16)24-12-15-3-1-2-8-21-15/h1-5,8,11,13,20H,6-7,9-10,12H2,(H,22,23). The minimum absolute atomic E-state index is 0.0191. The topological polar surface area (TPSA) is 63.2 Å². The quantitative estimate of drug-likeness (QED) is 0.885. The maximum absolute atomic E-state index is 14.1. The van der Waals surface area contributed by atoms with Crippen molar-refractivity contribution in [2.24, 2.45) is 5.92 Å². The smallest absolute Gasteiger partial charge is 0.227 e. The number of benzene rings is 1. The number of ether oxygens (including phenoxy) is 1. The van der Waals surface area contributed by atoms with Crippen LogP contribution in [0.5, 0.6) is 5.75 Å². The van der Waals surface area contributed by atoms with Crippen molar-refractivity contribution in [1.29, 1.82) is 0 Å². The molecule has 5 nitrogen and oxygen atoms in total. The van der Waals surface area contributed by atoms with E-state index in [9.17, 15) is 9.18 Å². The van der Waals surface area contributed by atoms with E-state index in [2.05, 4.69) is 15.6 Å². The molecule has 3 rings (SSSR count). The minimum atomic E-state index is -0.506. The van der Waals surface area contributed by atoms with E-state index in [0.29, 0.717) is 5.69 Å². The van der Waals surface area contributed by atoms with Gasteiger partial charge < -0.3 is 15.4 Å². The molecule has 1 aliphatic heterocycles. The zero-order chi connectivity index (χ0) is 16.8. The summed E-state index contributed by atoms with van der Waals surface area (Å²) in [5.74, 6) is -0.443. The van der Waals surface area contributed by atoms with Gasteiger partial charge in [0.25, 0.3) is 0 Å². The Kier molecular flexibility index (Phi) is 5.38. The first-order chi connectivity index (χ1) is 11.7. The van der Waals surface area contributed by atoms with Gasteiger partial charge in [-0.3, -0.25) is 9.78 Å². The summed E-state index contributed by atoms with van der Waals surface area (Å²) in [5.41, 5.74) is 1.17. The van der Waals surface area contributed by atoms with Gasteiger partial charge >= 0.3 is 0 Å². The highest BCUT2D eigenvalue weighted by Crippen LogP contribution is 2.23. The molecule has 1 aromatic heterocycles. The number of amides is 1. The highest BCUT2D eigenvalue weighted by molar-refractivity contribution is 5.92. The Morgan fingerprint density at radius 1 is 1.29 bits per heavy atom. The Balaban J connectivity index is 1.58. The SMILES string of the molecule is O=C(Nc1ccc(OCc2ccccn2)c(F)c1)C1CCNCC1. The number of pyridine rings is 1. The Labute approximate surface area is 140 Å². The molecule has 1 fully saturated rings. The normalized spacial score (nSPS) is 15.0. The highest BCUT2D eigenvalue weighted by atomic mass is 19.1. The summed E-state index contributed by atoms with van der Waals surface area (Å²) in [4.78, 5) is 16.3. The third-order valence-electron chi connectivity index (χ3n) is 4.01. The summed E-state index contributed by atoms with van der Waals surface area (Å²) in [6, 6.07) is 9.93. The highest BCUT2D eigenvalue weighted by Gasteiger charge is 2.21. The van der Waals surface area contributed by atoms with Crippen LogP contribution in [0.15, 0.2) is 42.6 Å². The summed E-state index contributed by atoms with van der Waals surface area (Å²) in [7, 11) is 0. The lowest BCUT2D eigenvalue weighted by atomic mass is 9.97. The van der Waals surface area contributed by atoms with Gasteiger partial charge in [-0.2, -0.15) is 0 Å². The molecule has 2 aromatic rings. The lowest BCUT2D eigenvalue weighted by Crippen LogP contribution is -2.34. The maximum atomic E-state index is 14.1. The van der Waals surface area contributed by atoms with Gasteiger partial charge in [-0.15, -0.1) is 0 Å². The molecule has 0 spiro atoms. The first kappa shape index (κ1) is 16.4. The number of rotatable bonds is 5. The zero-order valence-corrected chi connectivity index (χ0v) is 13.3. The van der Waals surface area contributed by atoms with E-state index in [-0.39, 0.29) is 24.2 Å². The van der Waals surface area contributed by atoms with Crippen LogP contribution in [0.2, 0.25) is 0 Å². The van der Waals surface area contributed by atoms with Crippen molar-refractivity contribution in [3.63, 3.8) is 0 Å². The van der Waals surface area contributed by atoms with Gasteiger partial charge in [0.2, 0.25) is 5.91 Å². The molecule has 1 saturated heterocycles. The molecule has 1 aliphatic rings. The first-order valence-electron chi connectivity index (χ1n) is 8.06. The molecule has 1 aromatic carbocycles. The van der Waals surface area contributed by atoms with E-state index in [0.717, 1.165) is 31.6 Å². The van der Waals surface area contributed by atoms with Crippen LogP contribution in [-0.2, 0) is 11.4 Å². The van der Waals surface area contributed by atoms with Gasteiger partial charge in [-0.25, -0.2) is 4.39 Å². The van der Waals surface area contributed by atoms with Crippen LogP contribution in [-0.4, -0.2) is 24.0 Å². The second-order valence-corrected chi connectivity index (χ2v) is 5.77. The van der Waals surface area contributed by atoms with Gasteiger partial charge in [-0.05, 0) is 50.2 Å². The zero-order valence-electron chi connectivity index (χ0n) is 13.3. The van der Waals surface area contributed by atoms with E-state index in [1.807, 2.05) is 18.2 Å². The van der Waals surface area contributed by atoms with Crippen molar-refractivity contribution in [3.8, 4) is 5.75 Å². The van der Waals surface area contributed by atoms with Crippen molar-refractivity contribution >= 4 is 11.6 Å².